The summed E-state index contributed by atoms with van der Waals surface area (Å²) in [6.45, 7) is 1.04. The van der Waals surface area contributed by atoms with Crippen LogP contribution in [0.5, 0.6) is 11.5 Å². The van der Waals surface area contributed by atoms with E-state index in [0.717, 1.165) is 16.0 Å². The largest absolute Gasteiger partial charge is 0.496 e. The van der Waals surface area contributed by atoms with Crippen LogP contribution in [0.25, 0.3) is 0 Å². The highest BCUT2D eigenvalue weighted by Gasteiger charge is 2.00. The van der Waals surface area contributed by atoms with Crippen LogP contribution in [-0.2, 0) is 0 Å². The average Bonchev–Trinajstić information content (AvgIpc) is 2.15. The molecule has 0 aromatic heterocycles. The molecule has 0 heterocycles. The zero-order valence-electron chi connectivity index (χ0n) is 7.83. The molecular formula is C9H13BrClNO2. The maximum atomic E-state index is 5.32. The van der Waals surface area contributed by atoms with Crippen molar-refractivity contribution >= 4 is 28.3 Å². The first kappa shape index (κ1) is 13.6. The first-order chi connectivity index (χ1) is 6.27. The van der Waals surface area contributed by atoms with E-state index < -0.39 is 0 Å². The van der Waals surface area contributed by atoms with Crippen LogP contribution in [-0.4, -0.2) is 20.3 Å². The van der Waals surface area contributed by atoms with Crippen molar-refractivity contribution in [3.63, 3.8) is 0 Å². The smallest absolute Gasteiger partial charge is 0.133 e. The predicted molar refractivity (Wildman–Crippen MR) is 62.5 cm³/mol. The highest BCUT2D eigenvalue weighted by atomic mass is 79.9. The topological polar surface area (TPSA) is 44.5 Å². The summed E-state index contributed by atoms with van der Waals surface area (Å²) in [7, 11) is 1.63. The van der Waals surface area contributed by atoms with Gasteiger partial charge in [0.25, 0.3) is 0 Å². The molecule has 5 heteroatoms. The van der Waals surface area contributed by atoms with Gasteiger partial charge in [-0.2, -0.15) is 0 Å². The van der Waals surface area contributed by atoms with Crippen LogP contribution in [0.3, 0.4) is 0 Å². The quantitative estimate of drug-likeness (QED) is 0.921. The van der Waals surface area contributed by atoms with Crippen molar-refractivity contribution in [3.05, 3.63) is 22.7 Å². The van der Waals surface area contributed by atoms with Gasteiger partial charge in [-0.25, -0.2) is 0 Å². The van der Waals surface area contributed by atoms with Gasteiger partial charge in [-0.3, -0.25) is 0 Å². The summed E-state index contributed by atoms with van der Waals surface area (Å²) in [5.41, 5.74) is 5.31. The molecule has 0 spiro atoms. The summed E-state index contributed by atoms with van der Waals surface area (Å²) >= 11 is 3.36. The Kier molecular flexibility index (Phi) is 6.70. The Labute approximate surface area is 98.1 Å². The second kappa shape index (κ2) is 6.92. The van der Waals surface area contributed by atoms with Crippen LogP contribution >= 0.6 is 28.3 Å². The minimum atomic E-state index is 0. The van der Waals surface area contributed by atoms with E-state index in [1.165, 1.54) is 0 Å². The van der Waals surface area contributed by atoms with E-state index in [9.17, 15) is 0 Å². The molecule has 0 unspecified atom stereocenters. The zero-order chi connectivity index (χ0) is 9.68. The molecule has 14 heavy (non-hydrogen) atoms. The van der Waals surface area contributed by atoms with E-state index >= 15 is 0 Å². The second-order valence-electron chi connectivity index (χ2n) is 2.43. The maximum Gasteiger partial charge on any atom is 0.133 e. The lowest BCUT2D eigenvalue weighted by molar-refractivity contribution is 0.327. The van der Waals surface area contributed by atoms with Crippen molar-refractivity contribution < 1.29 is 9.47 Å². The zero-order valence-corrected chi connectivity index (χ0v) is 10.2. The molecule has 80 valence electrons. The molecule has 3 nitrogen and oxygen atoms in total. The summed E-state index contributed by atoms with van der Waals surface area (Å²) in [6.07, 6.45) is 0. The van der Waals surface area contributed by atoms with E-state index in [1.54, 1.807) is 7.11 Å². The molecule has 2 N–H and O–H groups in total. The van der Waals surface area contributed by atoms with Gasteiger partial charge in [0.05, 0.1) is 11.6 Å². The molecule has 0 fully saturated rings. The Morgan fingerprint density at radius 1 is 1.43 bits per heavy atom. The van der Waals surface area contributed by atoms with Crippen molar-refractivity contribution in [1.29, 1.82) is 0 Å². The molecule has 0 atom stereocenters. The second-order valence-corrected chi connectivity index (χ2v) is 3.29. The number of rotatable bonds is 4. The lowest BCUT2D eigenvalue weighted by Crippen LogP contribution is -2.10. The van der Waals surface area contributed by atoms with Gasteiger partial charge in [0, 0.05) is 6.54 Å². The molecule has 0 saturated carbocycles. The number of halogens is 2. The third-order valence-electron chi connectivity index (χ3n) is 1.51. The van der Waals surface area contributed by atoms with Crippen molar-refractivity contribution in [1.82, 2.24) is 0 Å². The Bertz CT molecular complexity index is 284. The van der Waals surface area contributed by atoms with E-state index in [-0.39, 0.29) is 12.4 Å². The van der Waals surface area contributed by atoms with Gasteiger partial charge in [0.15, 0.2) is 0 Å². The number of methoxy groups -OCH3 is 1. The first-order valence-electron chi connectivity index (χ1n) is 3.94. The van der Waals surface area contributed by atoms with Gasteiger partial charge in [0.1, 0.15) is 18.1 Å². The molecule has 1 rings (SSSR count). The van der Waals surface area contributed by atoms with Crippen LogP contribution in [0.2, 0.25) is 0 Å². The summed E-state index contributed by atoms with van der Waals surface area (Å²) in [6, 6.07) is 5.55. The van der Waals surface area contributed by atoms with Gasteiger partial charge < -0.3 is 15.2 Å². The minimum absolute atomic E-state index is 0. The maximum absolute atomic E-state index is 5.32. The van der Waals surface area contributed by atoms with Gasteiger partial charge in [-0.05, 0) is 34.1 Å². The third kappa shape index (κ3) is 3.74. The monoisotopic (exact) mass is 281 g/mol. The lowest BCUT2D eigenvalue weighted by atomic mass is 10.3. The number of nitrogens with two attached hydrogens (primary N) is 1. The van der Waals surface area contributed by atoms with Gasteiger partial charge in [-0.1, -0.05) is 0 Å². The van der Waals surface area contributed by atoms with Gasteiger partial charge >= 0.3 is 0 Å². The number of benzene rings is 1. The van der Waals surface area contributed by atoms with Crippen molar-refractivity contribution in [2.75, 3.05) is 20.3 Å². The normalized spacial score (nSPS) is 9.07. The minimum Gasteiger partial charge on any atom is -0.496 e. The van der Waals surface area contributed by atoms with Crippen LogP contribution in [0, 0.1) is 0 Å². The third-order valence-corrected chi connectivity index (χ3v) is 2.13. The molecule has 0 amide bonds. The molecule has 0 aliphatic heterocycles. The van der Waals surface area contributed by atoms with Gasteiger partial charge in [-0.15, -0.1) is 12.4 Å². The fourth-order valence-corrected chi connectivity index (χ4v) is 1.43. The van der Waals surface area contributed by atoms with Crippen LogP contribution < -0.4 is 15.2 Å². The van der Waals surface area contributed by atoms with E-state index in [4.69, 9.17) is 15.2 Å². The van der Waals surface area contributed by atoms with E-state index in [1.807, 2.05) is 18.2 Å². The fraction of sp³-hybridized carbons (Fsp3) is 0.333. The van der Waals surface area contributed by atoms with E-state index in [0.29, 0.717) is 13.2 Å². The predicted octanol–water partition coefficient (Wildman–Crippen LogP) is 2.22. The highest BCUT2D eigenvalue weighted by molar-refractivity contribution is 9.10. The summed E-state index contributed by atoms with van der Waals surface area (Å²) < 4.78 is 11.3. The molecule has 0 aliphatic carbocycles. The Balaban J connectivity index is 0.00000169. The van der Waals surface area contributed by atoms with Crippen molar-refractivity contribution in [3.8, 4) is 11.5 Å². The van der Waals surface area contributed by atoms with E-state index in [2.05, 4.69) is 15.9 Å². The average molecular weight is 283 g/mol. The Morgan fingerprint density at radius 3 is 2.64 bits per heavy atom. The Hall–Kier alpha value is -0.450. The van der Waals surface area contributed by atoms with Crippen LogP contribution in [0.4, 0.5) is 0 Å². The van der Waals surface area contributed by atoms with Crippen LogP contribution in [0.1, 0.15) is 0 Å². The lowest BCUT2D eigenvalue weighted by Gasteiger charge is -2.07. The summed E-state index contributed by atoms with van der Waals surface area (Å²) in [4.78, 5) is 0. The fourth-order valence-electron chi connectivity index (χ4n) is 0.914. The number of hydrogen-bond acceptors (Lipinski definition) is 3. The van der Waals surface area contributed by atoms with Crippen LogP contribution in [0.15, 0.2) is 22.7 Å². The van der Waals surface area contributed by atoms with Gasteiger partial charge in [0.2, 0.25) is 0 Å². The number of ether oxygens (including phenoxy) is 2. The molecule has 1 aromatic rings. The van der Waals surface area contributed by atoms with Crippen molar-refractivity contribution in [2.45, 2.75) is 0 Å². The molecule has 0 bridgehead atoms. The summed E-state index contributed by atoms with van der Waals surface area (Å²) in [5, 5.41) is 0. The highest BCUT2D eigenvalue weighted by Crippen LogP contribution is 2.28. The molecule has 0 saturated heterocycles. The first-order valence-corrected chi connectivity index (χ1v) is 4.73. The Morgan fingerprint density at radius 2 is 2.14 bits per heavy atom. The molecular weight excluding hydrogens is 269 g/mol. The van der Waals surface area contributed by atoms with Crippen molar-refractivity contribution in [2.24, 2.45) is 5.73 Å². The standard InChI is InChI=1S/C9H12BrNO2.ClH/c1-12-9-3-2-7(6-8(9)10)13-5-4-11;/h2-3,6H,4-5,11H2,1H3;1H. The molecule has 0 aliphatic rings. The summed E-state index contributed by atoms with van der Waals surface area (Å²) in [5.74, 6) is 1.58. The molecule has 0 radical (unpaired) electrons. The molecule has 1 aromatic carbocycles. The number of hydrogen-bond donors (Lipinski definition) is 1. The SMILES string of the molecule is COc1ccc(OCCN)cc1Br.Cl.